The average Bonchev–Trinajstić information content (AvgIpc) is 2.63. The van der Waals surface area contributed by atoms with Crippen molar-refractivity contribution in [2.75, 3.05) is 0 Å². The lowest BCUT2D eigenvalue weighted by atomic mass is 10.1. The van der Waals surface area contributed by atoms with Gasteiger partial charge in [-0.05, 0) is 19.1 Å². The molecule has 0 amide bonds. The van der Waals surface area contributed by atoms with Crippen LogP contribution in [0.25, 0.3) is 11.4 Å². The zero-order valence-corrected chi connectivity index (χ0v) is 8.21. The molecule has 0 radical (unpaired) electrons. The van der Waals surface area contributed by atoms with Gasteiger partial charge in [-0.25, -0.2) is 0 Å². The number of nitrogens with one attached hydrogen (secondary N) is 1. The molecule has 0 aromatic carbocycles. The lowest BCUT2D eigenvalue weighted by Gasteiger charge is -2.09. The number of H-pyrrole nitrogens is 1. The fourth-order valence-corrected chi connectivity index (χ4v) is 1.33. The molecule has 4 nitrogen and oxygen atoms in total. The van der Waals surface area contributed by atoms with Crippen LogP contribution in [0.3, 0.4) is 0 Å². The molecule has 0 saturated carbocycles. The summed E-state index contributed by atoms with van der Waals surface area (Å²) in [5.41, 5.74) is -0.523. The van der Waals surface area contributed by atoms with Gasteiger partial charge in [0.1, 0.15) is 11.4 Å². The highest BCUT2D eigenvalue weighted by molar-refractivity contribution is 5.61. The highest BCUT2D eigenvalue weighted by Gasteiger charge is 2.35. The van der Waals surface area contributed by atoms with Crippen LogP contribution in [0.5, 0.6) is 0 Å². The lowest BCUT2D eigenvalue weighted by Crippen LogP contribution is -2.08. The number of aromatic nitrogens is 4. The molecule has 0 fully saturated rings. The highest BCUT2D eigenvalue weighted by atomic mass is 19.4. The van der Waals surface area contributed by atoms with Crippen molar-refractivity contribution in [3.8, 4) is 11.4 Å². The van der Waals surface area contributed by atoms with E-state index in [0.29, 0.717) is 5.69 Å². The second-order valence-corrected chi connectivity index (χ2v) is 3.15. The van der Waals surface area contributed by atoms with Crippen molar-refractivity contribution in [2.45, 2.75) is 13.1 Å². The second kappa shape index (κ2) is 3.58. The fraction of sp³-hybridized carbons (Fsp3) is 0.222. The summed E-state index contributed by atoms with van der Waals surface area (Å²) in [4.78, 5) is 3.71. The minimum atomic E-state index is -4.45. The zero-order chi connectivity index (χ0) is 11.8. The molecule has 2 rings (SSSR count). The van der Waals surface area contributed by atoms with Gasteiger partial charge < -0.3 is 0 Å². The molecule has 0 aliphatic heterocycles. The van der Waals surface area contributed by atoms with Crippen molar-refractivity contribution in [2.24, 2.45) is 0 Å². The van der Waals surface area contributed by atoms with Gasteiger partial charge in [-0.1, -0.05) is 0 Å². The molecule has 0 saturated heterocycles. The molecular weight excluding hydrogens is 221 g/mol. The summed E-state index contributed by atoms with van der Waals surface area (Å²) in [6.07, 6.45) is -3.16. The van der Waals surface area contributed by atoms with Crippen LogP contribution in [-0.4, -0.2) is 20.4 Å². The molecule has 16 heavy (non-hydrogen) atoms. The van der Waals surface area contributed by atoms with Crippen LogP contribution in [0.2, 0.25) is 0 Å². The largest absolute Gasteiger partial charge is 0.418 e. The highest BCUT2D eigenvalue weighted by Crippen LogP contribution is 2.35. The number of pyridine rings is 1. The van der Waals surface area contributed by atoms with E-state index in [1.165, 1.54) is 12.3 Å². The van der Waals surface area contributed by atoms with Crippen molar-refractivity contribution in [1.82, 2.24) is 20.4 Å². The first-order chi connectivity index (χ1) is 7.50. The van der Waals surface area contributed by atoms with Crippen molar-refractivity contribution in [3.63, 3.8) is 0 Å². The van der Waals surface area contributed by atoms with Crippen molar-refractivity contribution in [3.05, 3.63) is 29.6 Å². The number of alkyl halides is 3. The van der Waals surface area contributed by atoms with Gasteiger partial charge in [0.2, 0.25) is 0 Å². The molecule has 0 bridgehead atoms. The lowest BCUT2D eigenvalue weighted by molar-refractivity contribution is -0.137. The van der Waals surface area contributed by atoms with E-state index >= 15 is 0 Å². The van der Waals surface area contributed by atoms with E-state index in [-0.39, 0.29) is 11.4 Å². The van der Waals surface area contributed by atoms with Crippen molar-refractivity contribution < 1.29 is 13.2 Å². The Balaban J connectivity index is 2.62. The van der Waals surface area contributed by atoms with Gasteiger partial charge in [-0.2, -0.15) is 28.6 Å². The molecule has 0 aliphatic rings. The van der Waals surface area contributed by atoms with E-state index in [1.54, 1.807) is 6.92 Å². The first kappa shape index (κ1) is 10.6. The third-order valence-corrected chi connectivity index (χ3v) is 2.06. The van der Waals surface area contributed by atoms with Crippen LogP contribution in [0.4, 0.5) is 13.2 Å². The third kappa shape index (κ3) is 1.75. The molecular formula is C9H7F3N4. The Morgan fingerprint density at radius 3 is 2.50 bits per heavy atom. The molecule has 1 N–H and O–H groups in total. The van der Waals surface area contributed by atoms with E-state index in [0.717, 1.165) is 6.07 Å². The van der Waals surface area contributed by atoms with Crippen LogP contribution in [0.1, 0.15) is 11.3 Å². The van der Waals surface area contributed by atoms with E-state index in [1.807, 2.05) is 0 Å². The molecule has 0 aliphatic carbocycles. The number of halogens is 3. The minimum absolute atomic E-state index is 0.118. The predicted octanol–water partition coefficient (Wildman–Crippen LogP) is 2.19. The maximum atomic E-state index is 12.7. The molecule has 0 spiro atoms. The topological polar surface area (TPSA) is 54.5 Å². The molecule has 2 aromatic rings. The van der Waals surface area contributed by atoms with Gasteiger partial charge in [0, 0.05) is 6.20 Å². The second-order valence-electron chi connectivity index (χ2n) is 3.15. The molecule has 0 unspecified atom stereocenters. The maximum Gasteiger partial charge on any atom is 0.418 e. The summed E-state index contributed by atoms with van der Waals surface area (Å²) in [6.45, 7) is 1.56. The Morgan fingerprint density at radius 1 is 1.19 bits per heavy atom. The fourth-order valence-electron chi connectivity index (χ4n) is 1.33. The Kier molecular flexibility index (Phi) is 2.37. The molecule has 2 heterocycles. The van der Waals surface area contributed by atoms with Crippen molar-refractivity contribution >= 4 is 0 Å². The Hall–Kier alpha value is -1.92. The van der Waals surface area contributed by atoms with Crippen LogP contribution >= 0.6 is 0 Å². The molecule has 0 atom stereocenters. The van der Waals surface area contributed by atoms with Gasteiger partial charge in [0.05, 0.1) is 11.3 Å². The Morgan fingerprint density at radius 2 is 1.94 bits per heavy atom. The maximum absolute atomic E-state index is 12.7. The summed E-state index contributed by atoms with van der Waals surface area (Å²) in [7, 11) is 0. The summed E-state index contributed by atoms with van der Waals surface area (Å²) in [6, 6.07) is 2.21. The van der Waals surface area contributed by atoms with Crippen molar-refractivity contribution in [1.29, 1.82) is 0 Å². The van der Waals surface area contributed by atoms with Crippen LogP contribution < -0.4 is 0 Å². The van der Waals surface area contributed by atoms with Crippen LogP contribution in [-0.2, 0) is 6.18 Å². The van der Waals surface area contributed by atoms with E-state index in [2.05, 4.69) is 20.4 Å². The molecule has 7 heteroatoms. The van der Waals surface area contributed by atoms with Gasteiger partial charge >= 0.3 is 6.18 Å². The zero-order valence-electron chi connectivity index (χ0n) is 8.21. The normalized spacial score (nSPS) is 11.8. The summed E-state index contributed by atoms with van der Waals surface area (Å²) in [5, 5.41) is 9.60. The number of rotatable bonds is 1. The van der Waals surface area contributed by atoms with Gasteiger partial charge in [-0.3, -0.25) is 4.98 Å². The van der Waals surface area contributed by atoms with Crippen LogP contribution in [0, 0.1) is 6.92 Å². The standard InChI is InChI=1S/C9H7F3N4/c1-5-7(15-16-14-5)8-6(9(10,11)12)3-2-4-13-8/h2-4H,1H3,(H,14,15,16). The Bertz CT molecular complexity index is 503. The van der Waals surface area contributed by atoms with E-state index in [4.69, 9.17) is 0 Å². The van der Waals surface area contributed by atoms with Gasteiger partial charge in [-0.15, -0.1) is 0 Å². The quantitative estimate of drug-likeness (QED) is 0.813. The Labute approximate surface area is 88.5 Å². The number of aryl methyl sites for hydroxylation is 1. The predicted molar refractivity (Wildman–Crippen MR) is 49.4 cm³/mol. The number of aromatic amines is 1. The smallest absolute Gasteiger partial charge is 0.254 e. The molecule has 2 aromatic heterocycles. The summed E-state index contributed by atoms with van der Waals surface area (Å²) < 4.78 is 38.0. The van der Waals surface area contributed by atoms with E-state index in [9.17, 15) is 13.2 Å². The first-order valence-corrected chi connectivity index (χ1v) is 4.40. The van der Waals surface area contributed by atoms with Crippen LogP contribution in [0.15, 0.2) is 18.3 Å². The number of hydrogen-bond acceptors (Lipinski definition) is 3. The van der Waals surface area contributed by atoms with Gasteiger partial charge in [0.15, 0.2) is 0 Å². The SMILES string of the molecule is Cc1n[nH]nc1-c1ncccc1C(F)(F)F. The number of hydrogen-bond donors (Lipinski definition) is 1. The number of nitrogens with zero attached hydrogens (tertiary/aromatic N) is 3. The molecule has 84 valence electrons. The van der Waals surface area contributed by atoms with Gasteiger partial charge in [0.25, 0.3) is 0 Å². The first-order valence-electron chi connectivity index (χ1n) is 4.40. The summed E-state index contributed by atoms with van der Waals surface area (Å²) >= 11 is 0. The third-order valence-electron chi connectivity index (χ3n) is 2.06. The average molecular weight is 228 g/mol. The minimum Gasteiger partial charge on any atom is -0.254 e. The summed E-state index contributed by atoms with van der Waals surface area (Å²) in [5.74, 6) is 0. The van der Waals surface area contributed by atoms with E-state index < -0.39 is 11.7 Å². The monoisotopic (exact) mass is 228 g/mol.